The Morgan fingerprint density at radius 1 is 1.05 bits per heavy atom. The summed E-state index contributed by atoms with van der Waals surface area (Å²) in [5.74, 6) is -14.1. The van der Waals surface area contributed by atoms with Gasteiger partial charge in [-0.2, -0.15) is 8.78 Å². The summed E-state index contributed by atoms with van der Waals surface area (Å²) in [6.07, 6.45) is 1.10. The summed E-state index contributed by atoms with van der Waals surface area (Å²) in [7, 11) is 1.75. The van der Waals surface area contributed by atoms with Crippen molar-refractivity contribution in [1.29, 1.82) is 0 Å². The fourth-order valence-electron chi connectivity index (χ4n) is 2.22. The molecule has 1 aromatic rings. The number of likely N-dealkylation sites (tertiary alicyclic amines) is 1. The van der Waals surface area contributed by atoms with Crippen LogP contribution in [0.25, 0.3) is 0 Å². The molecular weight excluding hydrogens is 297 g/mol. The van der Waals surface area contributed by atoms with Gasteiger partial charge in [-0.3, -0.25) is 4.79 Å². The van der Waals surface area contributed by atoms with Gasteiger partial charge in [0, 0.05) is 6.54 Å². The van der Waals surface area contributed by atoms with Gasteiger partial charge in [0.2, 0.25) is 34.8 Å². The van der Waals surface area contributed by atoms with E-state index in [0.29, 0.717) is 19.4 Å². The zero-order valence-electron chi connectivity index (χ0n) is 11.1. The Morgan fingerprint density at radius 3 is 2.10 bits per heavy atom. The summed E-state index contributed by atoms with van der Waals surface area (Å²) < 4.78 is 70.1. The number of halogens is 5. The van der Waals surface area contributed by atoms with Crippen molar-refractivity contribution in [2.45, 2.75) is 12.8 Å². The van der Waals surface area contributed by atoms with Gasteiger partial charge in [-0.1, -0.05) is 0 Å². The molecule has 1 heterocycles. The largest absolute Gasteiger partial charge is 0.420 e. The van der Waals surface area contributed by atoms with Gasteiger partial charge in [-0.05, 0) is 26.4 Å². The molecule has 1 aliphatic heterocycles. The predicted molar refractivity (Wildman–Crippen MR) is 62.1 cm³/mol. The molecule has 0 aromatic heterocycles. The van der Waals surface area contributed by atoms with Crippen LogP contribution in [-0.4, -0.2) is 31.0 Å². The van der Waals surface area contributed by atoms with Crippen molar-refractivity contribution in [3.63, 3.8) is 0 Å². The van der Waals surface area contributed by atoms with E-state index in [0.717, 1.165) is 6.54 Å². The quantitative estimate of drug-likeness (QED) is 0.276. The van der Waals surface area contributed by atoms with Crippen molar-refractivity contribution >= 4 is 5.97 Å². The zero-order chi connectivity index (χ0) is 15.7. The van der Waals surface area contributed by atoms with Crippen LogP contribution in [0.3, 0.4) is 0 Å². The Balaban J connectivity index is 2.25. The Labute approximate surface area is 117 Å². The topological polar surface area (TPSA) is 29.5 Å². The number of ether oxygens (including phenoxy) is 1. The first-order chi connectivity index (χ1) is 9.82. The second-order valence-electron chi connectivity index (χ2n) is 4.92. The van der Waals surface area contributed by atoms with Gasteiger partial charge < -0.3 is 9.64 Å². The number of carbonyl (C=O) groups is 1. The van der Waals surface area contributed by atoms with E-state index in [9.17, 15) is 26.7 Å². The molecule has 0 radical (unpaired) electrons. The van der Waals surface area contributed by atoms with E-state index in [1.807, 2.05) is 4.90 Å². The highest BCUT2D eigenvalue weighted by Crippen LogP contribution is 2.30. The van der Waals surface area contributed by atoms with E-state index in [-0.39, 0.29) is 0 Å². The number of carbonyl (C=O) groups excluding carboxylic acids is 1. The van der Waals surface area contributed by atoms with Crippen molar-refractivity contribution in [3.05, 3.63) is 29.1 Å². The number of rotatable bonds is 2. The lowest BCUT2D eigenvalue weighted by Gasteiger charge is -2.28. The maximum atomic E-state index is 13.4. The Kier molecular flexibility index (Phi) is 4.46. The minimum absolute atomic E-state index is 0.300. The molecule has 0 bridgehead atoms. The summed E-state index contributed by atoms with van der Waals surface area (Å²) in [6, 6.07) is 0. The molecule has 1 saturated heterocycles. The van der Waals surface area contributed by atoms with Crippen molar-refractivity contribution in [2.75, 3.05) is 20.1 Å². The van der Waals surface area contributed by atoms with Gasteiger partial charge in [0.15, 0.2) is 0 Å². The van der Waals surface area contributed by atoms with Crippen LogP contribution >= 0.6 is 0 Å². The highest BCUT2D eigenvalue weighted by atomic mass is 19.2. The van der Waals surface area contributed by atoms with Crippen molar-refractivity contribution in [1.82, 2.24) is 4.90 Å². The first-order valence-corrected chi connectivity index (χ1v) is 6.24. The first-order valence-electron chi connectivity index (χ1n) is 6.24. The molecule has 116 valence electrons. The molecule has 0 aliphatic carbocycles. The molecule has 3 nitrogen and oxygen atoms in total. The van der Waals surface area contributed by atoms with Gasteiger partial charge in [-0.15, -0.1) is 0 Å². The van der Waals surface area contributed by atoms with Gasteiger partial charge in [0.25, 0.3) is 0 Å². The molecule has 0 amide bonds. The average Bonchev–Trinajstić information content (AvgIpc) is 2.47. The second kappa shape index (κ2) is 5.97. The third-order valence-electron chi connectivity index (χ3n) is 3.33. The third-order valence-corrected chi connectivity index (χ3v) is 3.33. The molecule has 1 aromatic carbocycles. The maximum absolute atomic E-state index is 13.4. The van der Waals surface area contributed by atoms with Gasteiger partial charge >= 0.3 is 5.97 Å². The number of hydrogen-bond acceptors (Lipinski definition) is 3. The van der Waals surface area contributed by atoms with Gasteiger partial charge in [0.05, 0.1) is 5.92 Å². The molecule has 1 aliphatic rings. The number of esters is 1. The van der Waals surface area contributed by atoms with E-state index in [1.165, 1.54) is 0 Å². The fraction of sp³-hybridized carbons (Fsp3) is 0.462. The smallest absolute Gasteiger partial charge is 0.315 e. The molecule has 1 fully saturated rings. The van der Waals surface area contributed by atoms with E-state index < -0.39 is 46.7 Å². The minimum Gasteiger partial charge on any atom is -0.420 e. The van der Waals surface area contributed by atoms with E-state index in [1.54, 1.807) is 7.05 Å². The van der Waals surface area contributed by atoms with Crippen LogP contribution in [0.5, 0.6) is 5.75 Å². The Bertz CT molecular complexity index is 549. The van der Waals surface area contributed by atoms with Crippen molar-refractivity contribution < 1.29 is 31.5 Å². The van der Waals surface area contributed by atoms with E-state index in [2.05, 4.69) is 4.74 Å². The predicted octanol–water partition coefficient (Wildman–Crippen LogP) is 2.63. The lowest BCUT2D eigenvalue weighted by atomic mass is 9.99. The van der Waals surface area contributed by atoms with E-state index >= 15 is 0 Å². The fourth-order valence-corrected chi connectivity index (χ4v) is 2.22. The molecule has 0 spiro atoms. The molecule has 2 rings (SSSR count). The van der Waals surface area contributed by atoms with Crippen LogP contribution in [0.2, 0.25) is 0 Å². The molecule has 1 atom stereocenters. The van der Waals surface area contributed by atoms with Crippen LogP contribution in [0.15, 0.2) is 0 Å². The summed E-state index contributed by atoms with van der Waals surface area (Å²) in [5.41, 5.74) is 0. The first kappa shape index (κ1) is 15.7. The third kappa shape index (κ3) is 2.99. The zero-order valence-corrected chi connectivity index (χ0v) is 11.1. The number of piperidine rings is 1. The highest BCUT2D eigenvalue weighted by Gasteiger charge is 2.31. The summed E-state index contributed by atoms with van der Waals surface area (Å²) in [6.45, 7) is 1.06. The molecule has 8 heteroatoms. The second-order valence-corrected chi connectivity index (χ2v) is 4.92. The summed E-state index contributed by atoms with van der Waals surface area (Å²) in [4.78, 5) is 13.6. The van der Waals surface area contributed by atoms with Crippen LogP contribution < -0.4 is 4.74 Å². The number of hydrogen-bond donors (Lipinski definition) is 0. The van der Waals surface area contributed by atoms with Crippen molar-refractivity contribution in [2.24, 2.45) is 5.92 Å². The van der Waals surface area contributed by atoms with Crippen molar-refractivity contribution in [3.8, 4) is 5.75 Å². The van der Waals surface area contributed by atoms with Crippen LogP contribution in [-0.2, 0) is 4.79 Å². The monoisotopic (exact) mass is 309 g/mol. The normalized spacial score (nSPS) is 19.6. The SMILES string of the molecule is CN1CCCC(C(=O)Oc2c(F)c(F)c(F)c(F)c2F)C1. The number of nitrogens with zero attached hydrogens (tertiary/aromatic N) is 1. The molecule has 0 N–H and O–H groups in total. The molecule has 21 heavy (non-hydrogen) atoms. The van der Waals surface area contributed by atoms with Gasteiger partial charge in [0.1, 0.15) is 0 Å². The lowest BCUT2D eigenvalue weighted by Crippen LogP contribution is -2.38. The molecule has 0 saturated carbocycles. The maximum Gasteiger partial charge on any atom is 0.315 e. The average molecular weight is 309 g/mol. The summed E-state index contributed by atoms with van der Waals surface area (Å²) in [5, 5.41) is 0. The lowest BCUT2D eigenvalue weighted by molar-refractivity contribution is -0.141. The highest BCUT2D eigenvalue weighted by molar-refractivity contribution is 5.75. The summed E-state index contributed by atoms with van der Waals surface area (Å²) >= 11 is 0. The number of benzene rings is 1. The Morgan fingerprint density at radius 2 is 1.57 bits per heavy atom. The van der Waals surface area contributed by atoms with Gasteiger partial charge in [-0.25, -0.2) is 13.2 Å². The van der Waals surface area contributed by atoms with Crippen LogP contribution in [0.4, 0.5) is 22.0 Å². The van der Waals surface area contributed by atoms with Crippen LogP contribution in [0, 0.1) is 35.0 Å². The Hall–Kier alpha value is -1.70. The molecule has 1 unspecified atom stereocenters. The van der Waals surface area contributed by atoms with Crippen LogP contribution in [0.1, 0.15) is 12.8 Å². The standard InChI is InChI=1S/C13H12F5NO2/c1-19-4-2-3-6(5-19)13(20)21-12-10(17)8(15)7(14)9(16)11(12)18/h6H,2-5H2,1H3. The van der Waals surface area contributed by atoms with E-state index in [4.69, 9.17) is 0 Å². The molecular formula is C13H12F5NO2. The minimum atomic E-state index is -2.29.